The standard InChI is InChI=1S/C17H23ClN6O3.C13H22N4O3.C3HCl2N3/c1-17(2,3)27-16(25)23-4-5-26-13(9-23)10-24-8-12(7-21-24)6-14-19-11-20-15(18)22-14;1-13(2,3)20-12(18)16-4-5-19-11(8-16)9-17-7-10(14)6-15-17;4-2-6-1-7-3(5)8-2/h7-8,11,13H,4-6,9-10H2,1-3H3;6-7,11H,4-5,8-9,14H2,1-3H3;1H/t13-;11-;/m00./s1. The molecule has 300 valence electrons. The van der Waals surface area contributed by atoms with Crippen molar-refractivity contribution in [1.82, 2.24) is 59.3 Å². The molecule has 0 bridgehead atoms. The minimum Gasteiger partial charge on any atom is -0.444 e. The highest BCUT2D eigenvalue weighted by atomic mass is 35.5. The van der Waals surface area contributed by atoms with E-state index in [4.69, 9.17) is 59.5 Å². The van der Waals surface area contributed by atoms with Gasteiger partial charge < -0.3 is 34.5 Å². The van der Waals surface area contributed by atoms with Gasteiger partial charge in [-0.25, -0.2) is 34.5 Å². The van der Waals surface area contributed by atoms with Crippen molar-refractivity contribution in [2.75, 3.05) is 45.1 Å². The number of carbonyl (C=O) groups is 2. The highest BCUT2D eigenvalue weighted by Crippen LogP contribution is 2.16. The van der Waals surface area contributed by atoms with Crippen LogP contribution in [-0.4, -0.2) is 134 Å². The third kappa shape index (κ3) is 16.1. The molecule has 2 aliphatic heterocycles. The summed E-state index contributed by atoms with van der Waals surface area (Å²) in [5, 5.41) is 8.88. The van der Waals surface area contributed by atoms with Crippen LogP contribution in [0.2, 0.25) is 15.9 Å². The predicted molar refractivity (Wildman–Crippen MR) is 201 cm³/mol. The van der Waals surface area contributed by atoms with Crippen LogP contribution in [-0.2, 0) is 38.5 Å². The fourth-order valence-electron chi connectivity index (χ4n) is 4.97. The van der Waals surface area contributed by atoms with Gasteiger partial charge in [0.05, 0.1) is 69.7 Å². The Morgan fingerprint density at radius 3 is 1.65 bits per heavy atom. The van der Waals surface area contributed by atoms with Gasteiger partial charge in [-0.15, -0.1) is 0 Å². The molecule has 2 aliphatic rings. The smallest absolute Gasteiger partial charge is 0.410 e. The van der Waals surface area contributed by atoms with Crippen LogP contribution < -0.4 is 5.73 Å². The SMILES string of the molecule is CC(C)(C)OC(=O)N1CCO[C@H](Cn2cc(Cc3ncnc(Cl)n3)cn2)C1.CC(C)(C)OC(=O)N1CCO[C@H](Cn2cc(N)cn2)C1.Clc1ncnc(Cl)n1. The number of hydrogen-bond donors (Lipinski definition) is 1. The number of carbonyl (C=O) groups excluding carboxylic acids is 2. The van der Waals surface area contributed by atoms with Crippen molar-refractivity contribution in [3.8, 4) is 0 Å². The molecule has 0 saturated carbocycles. The first-order valence-corrected chi connectivity index (χ1v) is 18.4. The molecule has 0 aromatic carbocycles. The number of nitrogen functional groups attached to an aromatic ring is 1. The summed E-state index contributed by atoms with van der Waals surface area (Å²) < 4.78 is 25.7. The Hall–Kier alpha value is -4.43. The molecular formula is C33H46Cl3N13O6. The molecule has 2 saturated heterocycles. The van der Waals surface area contributed by atoms with E-state index in [0.717, 1.165) is 5.56 Å². The Morgan fingerprint density at radius 2 is 1.22 bits per heavy atom. The van der Waals surface area contributed by atoms with Crippen LogP contribution in [0.1, 0.15) is 52.9 Å². The molecular weight excluding hydrogens is 781 g/mol. The monoisotopic (exact) mass is 825 g/mol. The van der Waals surface area contributed by atoms with Crippen molar-refractivity contribution in [3.05, 3.63) is 64.7 Å². The van der Waals surface area contributed by atoms with Crippen molar-refractivity contribution >= 4 is 52.7 Å². The summed E-state index contributed by atoms with van der Waals surface area (Å²) in [4.78, 5) is 50.0. The first kappa shape index (κ1) is 43.3. The van der Waals surface area contributed by atoms with E-state index in [1.165, 1.54) is 12.7 Å². The Labute approximate surface area is 333 Å². The van der Waals surface area contributed by atoms with Crippen molar-refractivity contribution in [3.63, 3.8) is 0 Å². The number of rotatable bonds is 6. The molecule has 0 unspecified atom stereocenters. The second-order valence-electron chi connectivity index (χ2n) is 14.3. The average Bonchev–Trinajstić information content (AvgIpc) is 3.71. The minimum atomic E-state index is -0.514. The lowest BCUT2D eigenvalue weighted by Gasteiger charge is -2.34. The van der Waals surface area contributed by atoms with E-state index in [-0.39, 0.29) is 40.2 Å². The van der Waals surface area contributed by atoms with Crippen LogP contribution in [0.5, 0.6) is 0 Å². The average molecular weight is 827 g/mol. The molecule has 0 radical (unpaired) electrons. The summed E-state index contributed by atoms with van der Waals surface area (Å²) in [5.41, 5.74) is 6.19. The fourth-order valence-corrected chi connectivity index (χ4v) is 5.40. The Balaban J connectivity index is 0.000000209. The maximum absolute atomic E-state index is 12.2. The predicted octanol–water partition coefficient (Wildman–Crippen LogP) is 4.23. The lowest BCUT2D eigenvalue weighted by Crippen LogP contribution is -2.48. The second-order valence-corrected chi connectivity index (χ2v) is 15.3. The van der Waals surface area contributed by atoms with E-state index in [0.29, 0.717) is 70.4 Å². The van der Waals surface area contributed by atoms with Gasteiger partial charge in [0.2, 0.25) is 15.9 Å². The van der Waals surface area contributed by atoms with Crippen LogP contribution in [0, 0.1) is 0 Å². The van der Waals surface area contributed by atoms with E-state index in [2.05, 4.69) is 40.1 Å². The lowest BCUT2D eigenvalue weighted by atomic mass is 10.2. The van der Waals surface area contributed by atoms with Crippen molar-refractivity contribution in [1.29, 1.82) is 0 Å². The number of ether oxygens (including phenoxy) is 4. The molecule has 2 fully saturated rings. The molecule has 22 heteroatoms. The van der Waals surface area contributed by atoms with Crippen LogP contribution in [0.25, 0.3) is 0 Å². The fraction of sp³-hybridized carbons (Fsp3) is 0.576. The van der Waals surface area contributed by atoms with Gasteiger partial charge >= 0.3 is 12.2 Å². The zero-order chi connectivity index (χ0) is 40.2. The summed E-state index contributed by atoms with van der Waals surface area (Å²) in [6.45, 7) is 15.2. The Kier molecular flexibility index (Phi) is 15.7. The van der Waals surface area contributed by atoms with Crippen molar-refractivity contribution in [2.24, 2.45) is 0 Å². The normalized spacial score (nSPS) is 17.3. The van der Waals surface area contributed by atoms with Crippen molar-refractivity contribution in [2.45, 2.75) is 84.5 Å². The number of morpholine rings is 2. The van der Waals surface area contributed by atoms with E-state index >= 15 is 0 Å². The molecule has 6 rings (SSSR count). The van der Waals surface area contributed by atoms with E-state index in [1.54, 1.807) is 37.8 Å². The van der Waals surface area contributed by atoms with Gasteiger partial charge in [0, 0.05) is 31.9 Å². The minimum absolute atomic E-state index is 0.101. The summed E-state index contributed by atoms with van der Waals surface area (Å²) in [5.74, 6) is 0.583. The molecule has 4 aromatic heterocycles. The molecule has 2 atom stereocenters. The third-order valence-electron chi connectivity index (χ3n) is 7.17. The van der Waals surface area contributed by atoms with Crippen LogP contribution in [0.15, 0.2) is 37.4 Å². The topological polar surface area (TPSA) is 217 Å². The second kappa shape index (κ2) is 19.9. The van der Waals surface area contributed by atoms with Gasteiger partial charge in [-0.2, -0.15) is 15.2 Å². The molecule has 2 N–H and O–H groups in total. The number of amides is 2. The van der Waals surface area contributed by atoms with Gasteiger partial charge in [-0.1, -0.05) is 0 Å². The summed E-state index contributed by atoms with van der Waals surface area (Å²) in [6, 6.07) is 0. The van der Waals surface area contributed by atoms with Gasteiger partial charge in [-0.3, -0.25) is 9.36 Å². The maximum atomic E-state index is 12.2. The quantitative estimate of drug-likeness (QED) is 0.288. The van der Waals surface area contributed by atoms with Crippen LogP contribution in [0.3, 0.4) is 0 Å². The van der Waals surface area contributed by atoms with Gasteiger partial charge in [0.1, 0.15) is 29.7 Å². The molecule has 2 amide bonds. The first-order valence-electron chi connectivity index (χ1n) is 17.2. The zero-order valence-electron chi connectivity index (χ0n) is 31.5. The van der Waals surface area contributed by atoms with E-state index < -0.39 is 11.2 Å². The van der Waals surface area contributed by atoms with Crippen molar-refractivity contribution < 1.29 is 28.5 Å². The highest BCUT2D eigenvalue weighted by molar-refractivity contribution is 6.30. The van der Waals surface area contributed by atoms with Gasteiger partial charge in [0.15, 0.2) is 0 Å². The van der Waals surface area contributed by atoms with Crippen LogP contribution >= 0.6 is 34.8 Å². The molecule has 19 nitrogen and oxygen atoms in total. The third-order valence-corrected chi connectivity index (χ3v) is 7.72. The molecule has 55 heavy (non-hydrogen) atoms. The molecule has 0 aliphatic carbocycles. The zero-order valence-corrected chi connectivity index (χ0v) is 33.8. The number of anilines is 1. The summed E-state index contributed by atoms with van der Waals surface area (Å²) in [6.07, 6.45) is 9.28. The molecule has 6 heterocycles. The lowest BCUT2D eigenvalue weighted by molar-refractivity contribution is -0.0484. The van der Waals surface area contributed by atoms with Gasteiger partial charge in [-0.05, 0) is 81.9 Å². The Bertz CT molecular complexity index is 1820. The maximum Gasteiger partial charge on any atom is 0.410 e. The number of halogens is 3. The number of hydrogen-bond acceptors (Lipinski definition) is 15. The van der Waals surface area contributed by atoms with E-state index in [1.807, 2.05) is 47.7 Å². The van der Waals surface area contributed by atoms with Gasteiger partial charge in [0.25, 0.3) is 0 Å². The Morgan fingerprint density at radius 1 is 0.745 bits per heavy atom. The first-order chi connectivity index (χ1) is 25.9. The number of aromatic nitrogens is 10. The summed E-state index contributed by atoms with van der Waals surface area (Å²) in [7, 11) is 0. The summed E-state index contributed by atoms with van der Waals surface area (Å²) >= 11 is 16.4. The number of nitrogens with zero attached hydrogens (tertiary/aromatic N) is 12. The number of nitrogens with two attached hydrogens (primary N) is 1. The highest BCUT2D eigenvalue weighted by Gasteiger charge is 2.30. The molecule has 4 aromatic rings. The van der Waals surface area contributed by atoms with Crippen LogP contribution in [0.4, 0.5) is 15.3 Å². The largest absolute Gasteiger partial charge is 0.444 e. The van der Waals surface area contributed by atoms with E-state index in [9.17, 15) is 9.59 Å². The molecule has 0 spiro atoms.